The molecule has 1 aliphatic carbocycles. The van der Waals surface area contributed by atoms with Gasteiger partial charge in [0, 0.05) is 15.6 Å². The van der Waals surface area contributed by atoms with Gasteiger partial charge in [-0.1, -0.05) is 34.1 Å². The first-order chi connectivity index (χ1) is 11.0. The second-order valence-corrected chi connectivity index (χ2v) is 6.60. The van der Waals surface area contributed by atoms with Gasteiger partial charge in [-0.25, -0.2) is 4.79 Å². The Labute approximate surface area is 142 Å². The first-order valence-corrected chi connectivity index (χ1v) is 8.12. The number of aryl methyl sites for hydroxylation is 2. The average Bonchev–Trinajstić information content (AvgIpc) is 2.50. The van der Waals surface area contributed by atoms with Crippen LogP contribution in [0, 0.1) is 6.92 Å². The van der Waals surface area contributed by atoms with Crippen molar-refractivity contribution in [3.8, 4) is 0 Å². The number of carbonyl (C=O) groups excluding carboxylic acids is 1. The molecule has 2 aromatic rings. The molecule has 0 saturated heterocycles. The van der Waals surface area contributed by atoms with E-state index in [9.17, 15) is 9.59 Å². The Bertz CT molecular complexity index is 850. The summed E-state index contributed by atoms with van der Waals surface area (Å²) in [5.41, 5.74) is 4.42. The Balaban J connectivity index is 1.96. The van der Waals surface area contributed by atoms with Crippen LogP contribution in [0.5, 0.6) is 0 Å². The number of aromatic carboxylic acids is 1. The monoisotopic (exact) mass is 370 g/mol. The van der Waals surface area contributed by atoms with Crippen molar-refractivity contribution >= 4 is 33.8 Å². The van der Waals surface area contributed by atoms with Gasteiger partial charge in [0.2, 0.25) is 0 Å². The lowest BCUT2D eigenvalue weighted by atomic mass is 9.86. The normalized spacial score (nSPS) is 15.6. The van der Waals surface area contributed by atoms with Crippen LogP contribution in [-0.2, 0) is 6.42 Å². The highest BCUT2D eigenvalue weighted by atomic mass is 79.9. The number of rotatable bonds is 2. The van der Waals surface area contributed by atoms with E-state index in [2.05, 4.69) is 15.9 Å². The van der Waals surface area contributed by atoms with Gasteiger partial charge >= 0.3 is 5.97 Å². The third-order valence-corrected chi connectivity index (χ3v) is 4.59. The van der Waals surface area contributed by atoms with Crippen LogP contribution in [0.15, 0.2) is 46.4 Å². The number of hydrogen-bond donors (Lipinski definition) is 1. The predicted molar refractivity (Wildman–Crippen MR) is 92.9 cm³/mol. The highest BCUT2D eigenvalue weighted by Gasteiger charge is 2.22. The zero-order chi connectivity index (χ0) is 16.6. The second-order valence-electron chi connectivity index (χ2n) is 5.68. The molecule has 0 atom stereocenters. The van der Waals surface area contributed by atoms with E-state index in [4.69, 9.17) is 5.11 Å². The number of benzene rings is 2. The number of fused-ring (bicyclic) bond motifs is 1. The maximum absolute atomic E-state index is 12.7. The molecular formula is C19H15BrO3. The van der Waals surface area contributed by atoms with Crippen LogP contribution in [0.2, 0.25) is 0 Å². The van der Waals surface area contributed by atoms with Gasteiger partial charge in [0.05, 0.1) is 5.56 Å². The Morgan fingerprint density at radius 3 is 2.65 bits per heavy atom. The number of carboxylic acids is 1. The van der Waals surface area contributed by atoms with Gasteiger partial charge < -0.3 is 5.11 Å². The molecule has 1 N–H and O–H groups in total. The highest BCUT2D eigenvalue weighted by molar-refractivity contribution is 9.10. The van der Waals surface area contributed by atoms with E-state index in [1.165, 1.54) is 0 Å². The topological polar surface area (TPSA) is 54.4 Å². The summed E-state index contributed by atoms with van der Waals surface area (Å²) in [6.07, 6.45) is 3.41. The molecule has 0 unspecified atom stereocenters. The lowest BCUT2D eigenvalue weighted by Gasteiger charge is -2.18. The van der Waals surface area contributed by atoms with E-state index in [1.54, 1.807) is 25.1 Å². The van der Waals surface area contributed by atoms with Crippen molar-refractivity contribution in [2.75, 3.05) is 0 Å². The van der Waals surface area contributed by atoms with Crippen LogP contribution in [-0.4, -0.2) is 16.9 Å². The minimum absolute atomic E-state index is 0.0486. The molecule has 116 valence electrons. The number of allylic oxidation sites excluding steroid dienone is 1. The third kappa shape index (κ3) is 3.13. The summed E-state index contributed by atoms with van der Waals surface area (Å²) >= 11 is 3.41. The number of ketones is 1. The lowest BCUT2D eigenvalue weighted by molar-refractivity contribution is 0.0696. The number of carboxylic acid groups (broad SMARTS) is 1. The summed E-state index contributed by atoms with van der Waals surface area (Å²) in [5, 5.41) is 9.08. The molecule has 0 bridgehead atoms. The van der Waals surface area contributed by atoms with Gasteiger partial charge in [-0.2, -0.15) is 0 Å². The van der Waals surface area contributed by atoms with Crippen LogP contribution in [0.25, 0.3) is 6.08 Å². The second kappa shape index (κ2) is 6.13. The summed E-state index contributed by atoms with van der Waals surface area (Å²) < 4.78 is 0.896. The van der Waals surface area contributed by atoms with Crippen molar-refractivity contribution < 1.29 is 14.7 Å². The molecule has 1 aliphatic rings. The van der Waals surface area contributed by atoms with Gasteiger partial charge in [-0.05, 0) is 60.7 Å². The van der Waals surface area contributed by atoms with E-state index in [1.807, 2.05) is 24.3 Å². The third-order valence-electron chi connectivity index (χ3n) is 4.09. The molecular weight excluding hydrogens is 356 g/mol. The number of hydrogen-bond acceptors (Lipinski definition) is 2. The number of halogens is 1. The van der Waals surface area contributed by atoms with Crippen molar-refractivity contribution in [3.63, 3.8) is 0 Å². The van der Waals surface area contributed by atoms with Gasteiger partial charge in [-0.3, -0.25) is 4.79 Å². The number of Topliss-reactive ketones (excluding diaryl/α,β-unsaturated/α-hetero) is 1. The summed E-state index contributed by atoms with van der Waals surface area (Å²) in [7, 11) is 0. The molecule has 0 amide bonds. The molecule has 0 aromatic heterocycles. The van der Waals surface area contributed by atoms with Crippen molar-refractivity contribution in [2.45, 2.75) is 19.8 Å². The van der Waals surface area contributed by atoms with Gasteiger partial charge in [0.1, 0.15) is 0 Å². The van der Waals surface area contributed by atoms with E-state index in [0.717, 1.165) is 33.2 Å². The molecule has 3 rings (SSSR count). The molecule has 0 radical (unpaired) electrons. The van der Waals surface area contributed by atoms with Gasteiger partial charge in [0.25, 0.3) is 0 Å². The molecule has 2 aromatic carbocycles. The van der Waals surface area contributed by atoms with Gasteiger partial charge in [0.15, 0.2) is 5.78 Å². The Morgan fingerprint density at radius 2 is 1.96 bits per heavy atom. The molecule has 4 heteroatoms. The summed E-state index contributed by atoms with van der Waals surface area (Å²) in [5.74, 6) is -0.887. The van der Waals surface area contributed by atoms with E-state index >= 15 is 0 Å². The summed E-state index contributed by atoms with van der Waals surface area (Å²) in [4.78, 5) is 23.7. The smallest absolute Gasteiger partial charge is 0.335 e. The van der Waals surface area contributed by atoms with Crippen LogP contribution >= 0.6 is 15.9 Å². The quantitative estimate of drug-likeness (QED) is 0.781. The van der Waals surface area contributed by atoms with Crippen molar-refractivity contribution in [1.29, 1.82) is 0 Å². The largest absolute Gasteiger partial charge is 0.478 e. The molecule has 0 spiro atoms. The van der Waals surface area contributed by atoms with Crippen LogP contribution < -0.4 is 0 Å². The molecule has 0 aliphatic heterocycles. The van der Waals surface area contributed by atoms with E-state index in [-0.39, 0.29) is 11.3 Å². The molecule has 0 heterocycles. The summed E-state index contributed by atoms with van der Waals surface area (Å²) in [6.45, 7) is 1.76. The highest BCUT2D eigenvalue weighted by Crippen LogP contribution is 2.29. The van der Waals surface area contributed by atoms with Gasteiger partial charge in [-0.15, -0.1) is 0 Å². The van der Waals surface area contributed by atoms with Crippen molar-refractivity contribution in [1.82, 2.24) is 0 Å². The zero-order valence-corrected chi connectivity index (χ0v) is 14.2. The first-order valence-electron chi connectivity index (χ1n) is 7.33. The molecule has 23 heavy (non-hydrogen) atoms. The lowest BCUT2D eigenvalue weighted by Crippen LogP contribution is -2.14. The predicted octanol–water partition coefficient (Wildman–Crippen LogP) is 4.67. The molecule has 0 fully saturated rings. The number of carbonyl (C=O) groups is 2. The minimum atomic E-state index is -0.936. The van der Waals surface area contributed by atoms with E-state index in [0.29, 0.717) is 12.0 Å². The Hall–Kier alpha value is -2.20. The summed E-state index contributed by atoms with van der Waals surface area (Å²) in [6, 6.07) is 10.9. The molecule has 0 saturated carbocycles. The fourth-order valence-corrected chi connectivity index (χ4v) is 3.25. The standard InChI is InChI=1S/C19H15BrO3/c1-11-8-12(2-7-16(11)19(22)23)9-14-4-3-13-5-6-15(20)10-17(13)18(14)21/h2,5-10H,3-4H2,1H3,(H,22,23). The van der Waals surface area contributed by atoms with Crippen LogP contribution in [0.3, 0.4) is 0 Å². The maximum atomic E-state index is 12.7. The van der Waals surface area contributed by atoms with E-state index < -0.39 is 5.97 Å². The Kier molecular flexibility index (Phi) is 4.18. The van der Waals surface area contributed by atoms with Crippen molar-refractivity contribution in [2.24, 2.45) is 0 Å². The fourth-order valence-electron chi connectivity index (χ4n) is 2.89. The zero-order valence-electron chi connectivity index (χ0n) is 12.6. The molecule has 3 nitrogen and oxygen atoms in total. The fraction of sp³-hybridized carbons (Fsp3) is 0.158. The van der Waals surface area contributed by atoms with Crippen LogP contribution in [0.4, 0.5) is 0 Å². The SMILES string of the molecule is Cc1cc(C=C2CCc3ccc(Br)cc3C2=O)ccc1C(=O)O. The van der Waals surface area contributed by atoms with Crippen molar-refractivity contribution in [3.05, 3.63) is 74.3 Å². The first kappa shape index (κ1) is 15.7. The average molecular weight is 371 g/mol. The minimum Gasteiger partial charge on any atom is -0.478 e. The van der Waals surface area contributed by atoms with Crippen LogP contribution in [0.1, 0.15) is 43.8 Å². The Morgan fingerprint density at radius 1 is 1.17 bits per heavy atom. The maximum Gasteiger partial charge on any atom is 0.335 e.